The summed E-state index contributed by atoms with van der Waals surface area (Å²) in [6, 6.07) is 0. The molecular weight excluding hydrogens is 298 g/mol. The van der Waals surface area contributed by atoms with Gasteiger partial charge >= 0.3 is 5.97 Å². The van der Waals surface area contributed by atoms with E-state index >= 15 is 0 Å². The van der Waals surface area contributed by atoms with Crippen LogP contribution in [0.4, 0.5) is 0 Å². The molecule has 3 atom stereocenters. The summed E-state index contributed by atoms with van der Waals surface area (Å²) in [6.07, 6.45) is 3.13. The van der Waals surface area contributed by atoms with Crippen LogP contribution in [-0.4, -0.2) is 67.6 Å². The molecular formula is C13H23NO6S. The molecule has 0 aromatic heterocycles. The number of rotatable bonds is 7. The van der Waals surface area contributed by atoms with Gasteiger partial charge < -0.3 is 14.6 Å². The van der Waals surface area contributed by atoms with Crippen molar-refractivity contribution in [1.29, 1.82) is 0 Å². The number of hydrogen-bond acceptors (Lipinski definition) is 5. The Morgan fingerprint density at radius 2 is 1.67 bits per heavy atom. The summed E-state index contributed by atoms with van der Waals surface area (Å²) in [5, 5.41) is 7.56. The van der Waals surface area contributed by atoms with Crippen molar-refractivity contribution in [3.8, 4) is 0 Å². The second-order valence-electron chi connectivity index (χ2n) is 5.61. The zero-order valence-electron chi connectivity index (χ0n) is 12.2. The van der Waals surface area contributed by atoms with Gasteiger partial charge in [-0.05, 0) is 32.6 Å². The lowest BCUT2D eigenvalue weighted by Gasteiger charge is -2.28. The smallest absolute Gasteiger partial charge is 0.323 e. The van der Waals surface area contributed by atoms with Crippen molar-refractivity contribution < 1.29 is 27.8 Å². The average molecular weight is 321 g/mol. The lowest BCUT2D eigenvalue weighted by atomic mass is 10.2. The van der Waals surface area contributed by atoms with E-state index in [-0.39, 0.29) is 25.3 Å². The molecule has 0 saturated carbocycles. The summed E-state index contributed by atoms with van der Waals surface area (Å²) in [4.78, 5) is 11.1. The van der Waals surface area contributed by atoms with Crippen LogP contribution in [0.2, 0.25) is 0 Å². The third kappa shape index (κ3) is 4.15. The quantitative estimate of drug-likeness (QED) is 0.732. The number of carboxylic acid groups (broad SMARTS) is 1. The molecule has 1 N–H and O–H groups in total. The summed E-state index contributed by atoms with van der Waals surface area (Å²) in [5.74, 6) is -1.33. The molecule has 0 spiro atoms. The zero-order chi connectivity index (χ0) is 15.5. The molecule has 0 aliphatic carbocycles. The fraction of sp³-hybridized carbons (Fsp3) is 0.923. The molecule has 0 amide bonds. The van der Waals surface area contributed by atoms with Crippen molar-refractivity contribution in [2.75, 3.05) is 26.3 Å². The Labute approximate surface area is 125 Å². The number of ether oxygens (including phenoxy) is 2. The highest BCUT2D eigenvalue weighted by Gasteiger charge is 2.37. The lowest BCUT2D eigenvalue weighted by molar-refractivity contribution is -0.136. The van der Waals surface area contributed by atoms with E-state index in [9.17, 15) is 13.2 Å². The number of aliphatic carboxylic acids is 1. The van der Waals surface area contributed by atoms with Crippen LogP contribution in [0.1, 0.15) is 32.6 Å². The van der Waals surface area contributed by atoms with Gasteiger partial charge in [-0.1, -0.05) is 0 Å². The van der Waals surface area contributed by atoms with Gasteiger partial charge in [-0.3, -0.25) is 4.79 Å². The van der Waals surface area contributed by atoms with E-state index in [0.29, 0.717) is 13.2 Å². The predicted octanol–water partition coefficient (Wildman–Crippen LogP) is 0.449. The highest BCUT2D eigenvalue weighted by atomic mass is 32.2. The molecule has 2 rings (SSSR count). The van der Waals surface area contributed by atoms with Gasteiger partial charge in [-0.25, -0.2) is 8.42 Å². The van der Waals surface area contributed by atoms with Gasteiger partial charge in [-0.2, -0.15) is 4.31 Å². The summed E-state index contributed by atoms with van der Waals surface area (Å²) >= 11 is 0. The van der Waals surface area contributed by atoms with Crippen LogP contribution in [0.5, 0.6) is 0 Å². The summed E-state index contributed by atoms with van der Waals surface area (Å²) in [5.41, 5.74) is 0. The molecule has 0 aromatic rings. The molecule has 3 unspecified atom stereocenters. The minimum Gasteiger partial charge on any atom is -0.480 e. The Morgan fingerprint density at radius 3 is 2.00 bits per heavy atom. The van der Waals surface area contributed by atoms with Gasteiger partial charge in [0.2, 0.25) is 10.0 Å². The van der Waals surface area contributed by atoms with E-state index in [0.717, 1.165) is 25.7 Å². The standard InChI is InChI=1S/C13H23NO6S/c1-10(13(15)16)21(17,18)14(8-11-4-2-6-19-11)9-12-5-3-7-20-12/h10-12H,2-9H2,1H3,(H,15,16). The fourth-order valence-electron chi connectivity index (χ4n) is 2.66. The molecule has 0 aromatic carbocycles. The molecule has 0 bridgehead atoms. The maximum atomic E-state index is 12.5. The molecule has 8 heteroatoms. The van der Waals surface area contributed by atoms with E-state index in [2.05, 4.69) is 0 Å². The SMILES string of the molecule is CC(C(=O)O)S(=O)(=O)N(CC1CCCO1)CC1CCCO1. The van der Waals surface area contributed by atoms with Gasteiger partial charge in [0.25, 0.3) is 0 Å². The maximum absolute atomic E-state index is 12.5. The van der Waals surface area contributed by atoms with Crippen molar-refractivity contribution in [3.05, 3.63) is 0 Å². The largest absolute Gasteiger partial charge is 0.480 e. The van der Waals surface area contributed by atoms with Crippen LogP contribution >= 0.6 is 0 Å². The summed E-state index contributed by atoms with van der Waals surface area (Å²) in [7, 11) is -3.90. The van der Waals surface area contributed by atoms with E-state index < -0.39 is 21.2 Å². The monoisotopic (exact) mass is 321 g/mol. The highest BCUT2D eigenvalue weighted by Crippen LogP contribution is 2.21. The molecule has 122 valence electrons. The molecule has 2 aliphatic rings. The van der Waals surface area contributed by atoms with Gasteiger partial charge in [-0.15, -0.1) is 0 Å². The zero-order valence-corrected chi connectivity index (χ0v) is 13.0. The minimum atomic E-state index is -3.90. The number of carbonyl (C=O) groups is 1. The topological polar surface area (TPSA) is 93.1 Å². The van der Waals surface area contributed by atoms with Crippen LogP contribution in [0, 0.1) is 0 Å². The van der Waals surface area contributed by atoms with Gasteiger partial charge in [0.1, 0.15) is 0 Å². The average Bonchev–Trinajstić information content (AvgIpc) is 3.10. The second kappa shape index (κ2) is 7.04. The van der Waals surface area contributed by atoms with E-state index in [1.165, 1.54) is 11.2 Å². The van der Waals surface area contributed by atoms with Crippen LogP contribution in [0.25, 0.3) is 0 Å². The van der Waals surface area contributed by atoms with Gasteiger partial charge in [0.05, 0.1) is 12.2 Å². The number of hydrogen-bond donors (Lipinski definition) is 1. The Morgan fingerprint density at radius 1 is 1.19 bits per heavy atom. The van der Waals surface area contributed by atoms with Gasteiger partial charge in [0.15, 0.2) is 5.25 Å². The normalized spacial score (nSPS) is 28.1. The molecule has 0 radical (unpaired) electrons. The van der Waals surface area contributed by atoms with Crippen LogP contribution < -0.4 is 0 Å². The lowest BCUT2D eigenvalue weighted by Crippen LogP contribution is -2.47. The molecule has 2 fully saturated rings. The first-order valence-corrected chi connectivity index (χ1v) is 8.86. The Hall–Kier alpha value is -0.700. The van der Waals surface area contributed by atoms with Crippen molar-refractivity contribution in [3.63, 3.8) is 0 Å². The number of carboxylic acids is 1. The first kappa shape index (κ1) is 16.7. The minimum absolute atomic E-state index is 0.151. The fourth-order valence-corrected chi connectivity index (χ4v) is 4.11. The van der Waals surface area contributed by atoms with E-state index in [4.69, 9.17) is 14.6 Å². The summed E-state index contributed by atoms with van der Waals surface area (Å²) in [6.45, 7) is 2.88. The first-order chi connectivity index (χ1) is 9.91. The van der Waals surface area contributed by atoms with Gasteiger partial charge in [0, 0.05) is 26.3 Å². The molecule has 2 heterocycles. The van der Waals surface area contributed by atoms with Crippen LogP contribution in [0.15, 0.2) is 0 Å². The molecule has 21 heavy (non-hydrogen) atoms. The number of nitrogens with zero attached hydrogens (tertiary/aromatic N) is 1. The molecule has 2 saturated heterocycles. The molecule has 7 nitrogen and oxygen atoms in total. The Kier molecular flexibility index (Phi) is 5.59. The van der Waals surface area contributed by atoms with Crippen LogP contribution in [0.3, 0.4) is 0 Å². The van der Waals surface area contributed by atoms with Crippen molar-refractivity contribution in [2.45, 2.75) is 50.1 Å². The molecule has 2 aliphatic heterocycles. The van der Waals surface area contributed by atoms with E-state index in [1.54, 1.807) is 0 Å². The van der Waals surface area contributed by atoms with Crippen LogP contribution in [-0.2, 0) is 24.3 Å². The highest BCUT2D eigenvalue weighted by molar-refractivity contribution is 7.90. The summed E-state index contributed by atoms with van der Waals surface area (Å²) < 4.78 is 37.2. The second-order valence-corrected chi connectivity index (χ2v) is 7.87. The van der Waals surface area contributed by atoms with Crippen molar-refractivity contribution >= 4 is 16.0 Å². The van der Waals surface area contributed by atoms with Crippen molar-refractivity contribution in [1.82, 2.24) is 4.31 Å². The third-order valence-electron chi connectivity index (χ3n) is 4.02. The predicted molar refractivity (Wildman–Crippen MR) is 75.5 cm³/mol. The maximum Gasteiger partial charge on any atom is 0.323 e. The first-order valence-electron chi connectivity index (χ1n) is 7.36. The number of sulfonamides is 1. The Balaban J connectivity index is 2.10. The Bertz CT molecular complexity index is 435. The third-order valence-corrected chi connectivity index (χ3v) is 6.13. The van der Waals surface area contributed by atoms with E-state index in [1.807, 2.05) is 0 Å². The van der Waals surface area contributed by atoms with Crippen molar-refractivity contribution in [2.24, 2.45) is 0 Å².